The number of benzene rings is 2. The maximum Gasteiger partial charge on any atom is 0.231 e. The molecular weight excluding hydrogens is 492 g/mol. The van der Waals surface area contributed by atoms with Gasteiger partial charge >= 0.3 is 0 Å². The molecule has 2 aliphatic heterocycles. The fraction of sp³-hybridized carbons (Fsp3) is 0. The Labute approximate surface area is 211 Å². The molecule has 2 aliphatic rings. The molecule has 0 unspecified atom stereocenters. The molecule has 3 aromatic heterocycles. The molecule has 8 bridgehead atoms. The zero-order valence-electron chi connectivity index (χ0n) is 18.3. The molecule has 7 rings (SSSR count). The molecule has 0 radical (unpaired) electrons. The molecule has 0 saturated carbocycles. The summed E-state index contributed by atoms with van der Waals surface area (Å²) >= 11 is 2.77. The van der Waals surface area contributed by atoms with Crippen molar-refractivity contribution in [3.63, 3.8) is 0 Å². The Kier molecular flexibility index (Phi) is 4.89. The average Bonchev–Trinajstić information content (AvgIpc) is 3.70. The Morgan fingerprint density at radius 2 is 0.944 bits per heavy atom. The number of nitrogens with zero attached hydrogens (tertiary/aromatic N) is 8. The number of rotatable bonds is 2. The van der Waals surface area contributed by atoms with Crippen molar-refractivity contribution in [2.24, 2.45) is 9.98 Å². The lowest BCUT2D eigenvalue weighted by Gasteiger charge is -1.97. The van der Waals surface area contributed by atoms with Crippen molar-refractivity contribution in [3.8, 4) is 0 Å². The lowest BCUT2D eigenvalue weighted by Crippen LogP contribution is -2.02. The van der Waals surface area contributed by atoms with Gasteiger partial charge in [0.05, 0.1) is 0 Å². The van der Waals surface area contributed by atoms with Gasteiger partial charge in [0.25, 0.3) is 0 Å². The van der Waals surface area contributed by atoms with E-state index < -0.39 is 0 Å². The molecule has 172 valence electrons. The first-order chi connectivity index (χ1) is 17.8. The van der Waals surface area contributed by atoms with Crippen molar-refractivity contribution in [2.75, 3.05) is 0 Å². The van der Waals surface area contributed by atoms with Crippen LogP contribution in [0.1, 0.15) is 22.8 Å². The number of H-pyrrole nitrogens is 2. The largest absolute Gasteiger partial charge is 0.308 e. The summed E-state index contributed by atoms with van der Waals surface area (Å²) in [7, 11) is 0. The third-order valence-corrected chi connectivity index (χ3v) is 6.71. The van der Waals surface area contributed by atoms with Gasteiger partial charge < -0.3 is 9.97 Å². The summed E-state index contributed by atoms with van der Waals surface area (Å²) in [6.45, 7) is 0. The second kappa shape index (κ2) is 8.52. The molecule has 0 fully saturated rings. The Morgan fingerprint density at radius 3 is 1.39 bits per heavy atom. The van der Waals surface area contributed by atoms with Crippen LogP contribution in [0.15, 0.2) is 81.4 Å². The predicted octanol–water partition coefficient (Wildman–Crippen LogP) is 4.92. The molecule has 2 N–H and O–H groups in total. The Morgan fingerprint density at radius 1 is 0.500 bits per heavy atom. The molecule has 10 nitrogen and oxygen atoms in total. The minimum atomic E-state index is 0.395. The highest BCUT2D eigenvalue weighted by atomic mass is 32.1. The van der Waals surface area contributed by atoms with E-state index in [-0.39, 0.29) is 0 Å². The second-order valence-electron chi connectivity index (χ2n) is 7.68. The van der Waals surface area contributed by atoms with Crippen molar-refractivity contribution in [1.82, 2.24) is 39.9 Å². The van der Waals surface area contributed by atoms with Crippen molar-refractivity contribution in [2.45, 2.75) is 0 Å². The molecule has 5 aromatic rings. The lowest BCUT2D eigenvalue weighted by atomic mass is 10.1. The minimum Gasteiger partial charge on any atom is -0.308 e. The van der Waals surface area contributed by atoms with Gasteiger partial charge in [0.1, 0.15) is 22.7 Å². The van der Waals surface area contributed by atoms with E-state index in [1.54, 1.807) is 0 Å². The number of nitrogens with one attached hydrogen (secondary N) is 2. The SMILES string of the molecule is c1ccc(C2=Nc3nc2nc2nc(cs2)[nH]c2nc(nc4nc(cs4)[nH]3)C(c3ccccc3)=N2)cc1. The van der Waals surface area contributed by atoms with Crippen LogP contribution in [-0.2, 0) is 0 Å². The second-order valence-corrected chi connectivity index (χ2v) is 9.35. The molecule has 0 spiro atoms. The highest BCUT2D eigenvalue weighted by Crippen LogP contribution is 2.22. The first-order valence-corrected chi connectivity index (χ1v) is 12.6. The van der Waals surface area contributed by atoms with Gasteiger partial charge in [-0.3, -0.25) is 0 Å². The smallest absolute Gasteiger partial charge is 0.231 e. The normalized spacial score (nSPS) is 12.8. The first kappa shape index (κ1) is 20.7. The van der Waals surface area contributed by atoms with Gasteiger partial charge in [-0.1, -0.05) is 60.7 Å². The summed E-state index contributed by atoms with van der Waals surface area (Å²) in [5.41, 5.74) is 4.29. The van der Waals surface area contributed by atoms with E-state index in [4.69, 9.17) is 0 Å². The monoisotopic (exact) mass is 506 g/mol. The standard InChI is InChI=1S/C24H14N10S2/c1-3-7-13(8-4-1)17-19-31-21(29-17)25-15-11-36-24(28-15)34-20-18(14-9-5-2-6-10-14)30-22(32-20)26-16-12-35-23(27-16)33-19/h1-12H,(H,25,27,31,33)(H,26,28,32,34). The molecule has 2 aromatic carbocycles. The van der Waals surface area contributed by atoms with Gasteiger partial charge in [-0.05, 0) is 0 Å². The quantitative estimate of drug-likeness (QED) is 0.342. The van der Waals surface area contributed by atoms with Crippen LogP contribution in [-0.4, -0.2) is 51.3 Å². The Balaban J connectivity index is 1.48. The van der Waals surface area contributed by atoms with E-state index >= 15 is 0 Å². The Hall–Kier alpha value is -4.68. The van der Waals surface area contributed by atoms with Crippen LogP contribution in [0.4, 0.5) is 11.9 Å². The van der Waals surface area contributed by atoms with E-state index in [9.17, 15) is 0 Å². The van der Waals surface area contributed by atoms with Crippen LogP contribution < -0.4 is 0 Å². The molecule has 0 aliphatic carbocycles. The molecule has 5 heterocycles. The van der Waals surface area contributed by atoms with Gasteiger partial charge in [0, 0.05) is 21.9 Å². The van der Waals surface area contributed by atoms with E-state index in [2.05, 4.69) is 49.9 Å². The highest BCUT2D eigenvalue weighted by molar-refractivity contribution is 7.15. The Bertz CT molecular complexity index is 1710. The van der Waals surface area contributed by atoms with Crippen molar-refractivity contribution < 1.29 is 0 Å². The molecular formula is C24H14N10S2. The van der Waals surface area contributed by atoms with Gasteiger partial charge in [-0.15, -0.1) is 22.7 Å². The van der Waals surface area contributed by atoms with Crippen LogP contribution in [0.25, 0.3) is 21.2 Å². The summed E-state index contributed by atoms with van der Waals surface area (Å²) in [5, 5.41) is 3.72. The van der Waals surface area contributed by atoms with E-state index in [1.807, 2.05) is 71.4 Å². The van der Waals surface area contributed by atoms with Crippen LogP contribution >= 0.6 is 22.7 Å². The molecule has 36 heavy (non-hydrogen) atoms. The lowest BCUT2D eigenvalue weighted by molar-refractivity contribution is 1.14. The summed E-state index contributed by atoms with van der Waals surface area (Å²) in [4.78, 5) is 44.6. The number of aromatic amines is 2. The molecule has 12 heteroatoms. The maximum absolute atomic E-state index is 4.69. The predicted molar refractivity (Wildman–Crippen MR) is 140 cm³/mol. The van der Waals surface area contributed by atoms with Gasteiger partial charge in [-0.2, -0.15) is 19.9 Å². The van der Waals surface area contributed by atoms with Crippen LogP contribution in [0.2, 0.25) is 0 Å². The van der Waals surface area contributed by atoms with Gasteiger partial charge in [-0.25, -0.2) is 20.0 Å². The summed E-state index contributed by atoms with van der Waals surface area (Å²) < 4.78 is 0. The number of thiazole rings is 2. The third kappa shape index (κ3) is 3.93. The van der Waals surface area contributed by atoms with E-state index in [0.717, 1.165) is 11.1 Å². The fourth-order valence-corrected chi connectivity index (χ4v) is 4.91. The van der Waals surface area contributed by atoms with Crippen LogP contribution in [0.3, 0.4) is 0 Å². The van der Waals surface area contributed by atoms with Gasteiger partial charge in [0.15, 0.2) is 11.6 Å². The third-order valence-electron chi connectivity index (χ3n) is 5.24. The van der Waals surface area contributed by atoms with Crippen molar-refractivity contribution in [3.05, 3.63) is 94.2 Å². The van der Waals surface area contributed by atoms with Crippen molar-refractivity contribution >= 4 is 67.2 Å². The summed E-state index contributed by atoms with van der Waals surface area (Å²) in [6, 6.07) is 19.6. The van der Waals surface area contributed by atoms with E-state index in [1.165, 1.54) is 22.7 Å². The number of hydrogen-bond acceptors (Lipinski definition) is 10. The molecule has 0 atom stereocenters. The zero-order valence-corrected chi connectivity index (χ0v) is 20.0. The highest BCUT2D eigenvalue weighted by Gasteiger charge is 2.18. The number of hydrogen-bond donors (Lipinski definition) is 2. The van der Waals surface area contributed by atoms with Crippen LogP contribution in [0.5, 0.6) is 0 Å². The topological polar surface area (TPSA) is 134 Å². The molecule has 0 amide bonds. The van der Waals surface area contributed by atoms with Crippen molar-refractivity contribution in [1.29, 1.82) is 0 Å². The van der Waals surface area contributed by atoms with E-state index in [0.29, 0.717) is 56.2 Å². The minimum absolute atomic E-state index is 0.395. The molecule has 0 saturated heterocycles. The summed E-state index contributed by atoms with van der Waals surface area (Å²) in [5.74, 6) is 1.73. The summed E-state index contributed by atoms with van der Waals surface area (Å²) in [6.07, 6.45) is 0. The maximum atomic E-state index is 4.69. The zero-order chi connectivity index (χ0) is 23.9. The fourth-order valence-electron chi connectivity index (χ4n) is 3.67. The number of aromatic nitrogens is 8. The van der Waals surface area contributed by atoms with Gasteiger partial charge in [0.2, 0.25) is 21.8 Å². The number of aliphatic imine (C=N–C) groups is 2. The van der Waals surface area contributed by atoms with Crippen LogP contribution in [0, 0.1) is 0 Å². The average molecular weight is 507 g/mol. The first-order valence-electron chi connectivity index (χ1n) is 10.9. The number of fused-ring (bicyclic) bond motifs is 8.